The average Bonchev–Trinajstić information content (AvgIpc) is 3.14. The molecule has 6 aromatic rings. The molecule has 0 aromatic heterocycles. The fourth-order valence-electron chi connectivity index (χ4n) is 6.03. The second kappa shape index (κ2) is 13.8. The summed E-state index contributed by atoms with van der Waals surface area (Å²) in [7, 11) is 0. The van der Waals surface area contributed by atoms with Crippen LogP contribution in [0, 0.1) is 20.2 Å². The van der Waals surface area contributed by atoms with Crippen molar-refractivity contribution in [1.82, 2.24) is 0 Å². The summed E-state index contributed by atoms with van der Waals surface area (Å²) in [5.74, 6) is -1.20. The number of benzene rings is 6. The van der Waals surface area contributed by atoms with Gasteiger partial charge >= 0.3 is 0 Å². The number of nitrogens with zero attached hydrogens (tertiary/aromatic N) is 2. The van der Waals surface area contributed by atoms with E-state index in [1.807, 2.05) is 84.9 Å². The van der Waals surface area contributed by atoms with Gasteiger partial charge in [0.25, 0.3) is 23.2 Å². The van der Waals surface area contributed by atoms with Crippen LogP contribution in [0.1, 0.15) is 43.0 Å². The van der Waals surface area contributed by atoms with Crippen LogP contribution in [0.15, 0.2) is 158 Å². The Kier molecular flexibility index (Phi) is 9.03. The van der Waals surface area contributed by atoms with Crippen LogP contribution >= 0.6 is 0 Å². The smallest absolute Gasteiger partial charge is 0.282 e. The molecule has 0 bridgehead atoms. The normalized spacial score (nSPS) is 10.9. The molecule has 0 heterocycles. The average molecular weight is 649 g/mol. The van der Waals surface area contributed by atoms with Crippen molar-refractivity contribution in [3.63, 3.8) is 0 Å². The second-order valence-corrected chi connectivity index (χ2v) is 11.1. The molecule has 0 spiro atoms. The monoisotopic (exact) mass is 648 g/mol. The van der Waals surface area contributed by atoms with Crippen LogP contribution in [-0.4, -0.2) is 21.7 Å². The number of hydrogen-bond donors (Lipinski definition) is 2. The van der Waals surface area contributed by atoms with E-state index in [-0.39, 0.29) is 22.5 Å². The number of nitro benzene ring substituents is 2. The molecule has 0 unspecified atom stereocenters. The molecule has 2 amide bonds. The SMILES string of the molecule is O=C(Nc1ccc(C(c2ccccc2)(c2ccccc2)c2ccc(NC(=O)c3ccccc3[N+](=O)[O-])cc2)cc1)c1ccccc1[N+](=O)[O-]. The number of nitro groups is 2. The van der Waals surface area contributed by atoms with Gasteiger partial charge in [0.1, 0.15) is 11.1 Å². The fraction of sp³-hybridized carbons (Fsp3) is 0.0256. The maximum atomic E-state index is 13.1. The summed E-state index contributed by atoms with van der Waals surface area (Å²) in [4.78, 5) is 47.9. The molecule has 6 aromatic carbocycles. The van der Waals surface area contributed by atoms with Gasteiger partial charge in [0.05, 0.1) is 15.3 Å². The van der Waals surface area contributed by atoms with E-state index >= 15 is 0 Å². The molecule has 0 radical (unpaired) electrons. The van der Waals surface area contributed by atoms with Crippen LogP contribution in [0.2, 0.25) is 0 Å². The first-order chi connectivity index (χ1) is 23.8. The number of carbonyl (C=O) groups excluding carboxylic acids is 2. The summed E-state index contributed by atoms with van der Waals surface area (Å²) < 4.78 is 0. The molecule has 0 saturated heterocycles. The zero-order chi connectivity index (χ0) is 34.4. The summed E-state index contributed by atoms with van der Waals surface area (Å²) in [6.07, 6.45) is 0. The molecular weight excluding hydrogens is 620 g/mol. The first kappa shape index (κ1) is 32.0. The highest BCUT2D eigenvalue weighted by atomic mass is 16.6. The van der Waals surface area contributed by atoms with E-state index in [0.717, 1.165) is 22.3 Å². The van der Waals surface area contributed by atoms with Crippen LogP contribution in [0.5, 0.6) is 0 Å². The first-order valence-corrected chi connectivity index (χ1v) is 15.2. The van der Waals surface area contributed by atoms with Crippen molar-refractivity contribution in [3.8, 4) is 0 Å². The molecule has 0 aliphatic heterocycles. The lowest BCUT2D eigenvalue weighted by atomic mass is 9.65. The lowest BCUT2D eigenvalue weighted by Gasteiger charge is -2.37. The van der Waals surface area contributed by atoms with Crippen molar-refractivity contribution in [2.45, 2.75) is 5.41 Å². The lowest BCUT2D eigenvalue weighted by Crippen LogP contribution is -2.31. The number of carbonyl (C=O) groups is 2. The Balaban J connectivity index is 1.40. The van der Waals surface area contributed by atoms with Crippen molar-refractivity contribution < 1.29 is 19.4 Å². The van der Waals surface area contributed by atoms with Crippen molar-refractivity contribution in [2.75, 3.05) is 10.6 Å². The van der Waals surface area contributed by atoms with Gasteiger partial charge in [0.2, 0.25) is 0 Å². The maximum absolute atomic E-state index is 13.1. The van der Waals surface area contributed by atoms with E-state index in [0.29, 0.717) is 11.4 Å². The van der Waals surface area contributed by atoms with Gasteiger partial charge in [-0.25, -0.2) is 0 Å². The summed E-state index contributed by atoms with van der Waals surface area (Å²) in [6.45, 7) is 0. The largest absolute Gasteiger partial charge is 0.322 e. The van der Waals surface area contributed by atoms with Crippen LogP contribution in [0.3, 0.4) is 0 Å². The van der Waals surface area contributed by atoms with E-state index in [2.05, 4.69) is 10.6 Å². The third kappa shape index (κ3) is 6.38. The highest BCUT2D eigenvalue weighted by Gasteiger charge is 2.38. The van der Waals surface area contributed by atoms with E-state index in [1.165, 1.54) is 36.4 Å². The number of amides is 2. The third-order valence-corrected chi connectivity index (χ3v) is 8.26. The van der Waals surface area contributed by atoms with Gasteiger partial charge in [0, 0.05) is 23.5 Å². The quantitative estimate of drug-likeness (QED) is 0.0867. The van der Waals surface area contributed by atoms with Crippen molar-refractivity contribution in [2.24, 2.45) is 0 Å². The Labute approximate surface area is 281 Å². The van der Waals surface area contributed by atoms with Gasteiger partial charge in [-0.15, -0.1) is 0 Å². The zero-order valence-corrected chi connectivity index (χ0v) is 25.9. The molecule has 2 N–H and O–H groups in total. The topological polar surface area (TPSA) is 144 Å². The molecule has 6 rings (SSSR count). The molecule has 10 heteroatoms. The van der Waals surface area contributed by atoms with Gasteiger partial charge in [-0.1, -0.05) is 109 Å². The van der Waals surface area contributed by atoms with Crippen LogP contribution in [-0.2, 0) is 5.41 Å². The molecule has 0 aliphatic carbocycles. The summed E-state index contributed by atoms with van der Waals surface area (Å²) in [5, 5.41) is 28.5. The van der Waals surface area contributed by atoms with Gasteiger partial charge in [-0.3, -0.25) is 29.8 Å². The minimum Gasteiger partial charge on any atom is -0.322 e. The Morgan fingerprint density at radius 3 is 1.08 bits per heavy atom. The van der Waals surface area contributed by atoms with Crippen LogP contribution in [0.4, 0.5) is 22.7 Å². The minimum absolute atomic E-state index is 0.0476. The predicted octanol–water partition coefficient (Wildman–Crippen LogP) is 8.39. The maximum Gasteiger partial charge on any atom is 0.282 e. The second-order valence-electron chi connectivity index (χ2n) is 11.1. The van der Waals surface area contributed by atoms with E-state index in [1.54, 1.807) is 36.4 Å². The lowest BCUT2D eigenvalue weighted by molar-refractivity contribution is -0.385. The van der Waals surface area contributed by atoms with Gasteiger partial charge in [-0.05, 0) is 58.7 Å². The Hall–Kier alpha value is -6.94. The van der Waals surface area contributed by atoms with E-state index in [4.69, 9.17) is 0 Å². The Morgan fingerprint density at radius 1 is 0.429 bits per heavy atom. The molecule has 0 atom stereocenters. The number of para-hydroxylation sites is 2. The molecule has 0 aliphatic rings. The van der Waals surface area contributed by atoms with Crippen molar-refractivity contribution >= 4 is 34.6 Å². The molecular formula is C39H28N4O6. The van der Waals surface area contributed by atoms with Gasteiger partial charge in [-0.2, -0.15) is 0 Å². The molecule has 240 valence electrons. The fourth-order valence-corrected chi connectivity index (χ4v) is 6.03. The third-order valence-electron chi connectivity index (χ3n) is 8.26. The zero-order valence-electron chi connectivity index (χ0n) is 25.9. The van der Waals surface area contributed by atoms with E-state index < -0.39 is 27.1 Å². The molecule has 0 saturated carbocycles. The van der Waals surface area contributed by atoms with Crippen LogP contribution in [0.25, 0.3) is 0 Å². The number of hydrogen-bond acceptors (Lipinski definition) is 6. The van der Waals surface area contributed by atoms with Crippen molar-refractivity contribution in [1.29, 1.82) is 0 Å². The number of anilines is 2. The summed E-state index contributed by atoms with van der Waals surface area (Å²) in [6, 6.07) is 46.0. The number of nitrogens with one attached hydrogen (secondary N) is 2. The Morgan fingerprint density at radius 2 is 0.735 bits per heavy atom. The number of rotatable bonds is 10. The molecule has 0 fully saturated rings. The van der Waals surface area contributed by atoms with Gasteiger partial charge in [0.15, 0.2) is 0 Å². The highest BCUT2D eigenvalue weighted by molar-refractivity contribution is 6.07. The minimum atomic E-state index is -0.857. The molecule has 49 heavy (non-hydrogen) atoms. The Bertz CT molecular complexity index is 2000. The van der Waals surface area contributed by atoms with Crippen molar-refractivity contribution in [3.05, 3.63) is 211 Å². The standard InChI is InChI=1S/C39H28N4O6/c44-37(33-15-7-9-17-35(33)42(46)47)40-31-23-19-29(20-24-31)39(27-11-3-1-4-12-27,28-13-5-2-6-14-28)30-21-25-32(26-22-30)41-38(45)34-16-8-10-18-36(34)43(48)49/h1-26H,(H,40,44)(H,41,45). The van der Waals surface area contributed by atoms with Crippen LogP contribution < -0.4 is 10.6 Å². The highest BCUT2D eigenvalue weighted by Crippen LogP contribution is 2.45. The first-order valence-electron chi connectivity index (χ1n) is 15.2. The summed E-state index contributed by atoms with van der Waals surface area (Å²) in [5.41, 5.74) is 3.02. The molecule has 10 nitrogen and oxygen atoms in total. The van der Waals surface area contributed by atoms with E-state index in [9.17, 15) is 29.8 Å². The van der Waals surface area contributed by atoms with Gasteiger partial charge < -0.3 is 10.6 Å². The predicted molar refractivity (Wildman–Crippen MR) is 187 cm³/mol. The summed E-state index contributed by atoms with van der Waals surface area (Å²) >= 11 is 0.